The van der Waals surface area contributed by atoms with Crippen molar-refractivity contribution in [3.63, 3.8) is 0 Å². The summed E-state index contributed by atoms with van der Waals surface area (Å²) >= 11 is 3.05. The van der Waals surface area contributed by atoms with Crippen LogP contribution in [0.4, 0.5) is 52.7 Å². The first kappa shape index (κ1) is 27.7. The molecular formula is C16H14F12O2S. The van der Waals surface area contributed by atoms with E-state index < -0.39 is 62.9 Å². The molecule has 31 heavy (non-hydrogen) atoms. The van der Waals surface area contributed by atoms with Gasteiger partial charge in [-0.2, -0.15) is 52.7 Å². The van der Waals surface area contributed by atoms with Gasteiger partial charge in [-0.1, -0.05) is 32.9 Å². The minimum atomic E-state index is -6.63. The third kappa shape index (κ3) is 4.32. The van der Waals surface area contributed by atoms with Crippen molar-refractivity contribution in [2.75, 3.05) is 0 Å². The Balaban J connectivity index is 4.36. The molecule has 0 aromatic heterocycles. The molecule has 0 heterocycles. The summed E-state index contributed by atoms with van der Waals surface area (Å²) in [4.78, 5) is -2.19. The maximum absolute atomic E-state index is 13.3. The molecule has 0 bridgehead atoms. The van der Waals surface area contributed by atoms with Crippen LogP contribution in [0, 0.1) is 0 Å². The first-order valence-electron chi connectivity index (χ1n) is 7.84. The molecule has 15 heteroatoms. The first-order valence-corrected chi connectivity index (χ1v) is 8.29. The van der Waals surface area contributed by atoms with Crippen molar-refractivity contribution in [3.8, 4) is 0 Å². The van der Waals surface area contributed by atoms with Gasteiger partial charge in [-0.3, -0.25) is 0 Å². The van der Waals surface area contributed by atoms with Gasteiger partial charge in [-0.05, 0) is 11.0 Å². The van der Waals surface area contributed by atoms with E-state index in [0.717, 1.165) is 20.8 Å². The summed E-state index contributed by atoms with van der Waals surface area (Å²) in [6.07, 6.45) is -26.5. The number of benzene rings is 1. The van der Waals surface area contributed by atoms with Crippen LogP contribution in [0.2, 0.25) is 0 Å². The molecule has 0 amide bonds. The molecule has 0 saturated heterocycles. The van der Waals surface area contributed by atoms with Crippen molar-refractivity contribution >= 4 is 12.6 Å². The highest BCUT2D eigenvalue weighted by Crippen LogP contribution is 2.57. The molecule has 0 spiro atoms. The predicted molar refractivity (Wildman–Crippen MR) is 84.4 cm³/mol. The Bertz CT molecular complexity index is 740. The van der Waals surface area contributed by atoms with Gasteiger partial charge in [0, 0.05) is 16.0 Å². The second-order valence-corrected chi connectivity index (χ2v) is 8.03. The van der Waals surface area contributed by atoms with Crippen molar-refractivity contribution in [3.05, 3.63) is 28.8 Å². The van der Waals surface area contributed by atoms with Gasteiger partial charge < -0.3 is 10.2 Å². The first-order chi connectivity index (χ1) is 13.2. The van der Waals surface area contributed by atoms with Crippen LogP contribution in [0.15, 0.2) is 17.0 Å². The van der Waals surface area contributed by atoms with Crippen LogP contribution in [-0.4, -0.2) is 34.9 Å². The van der Waals surface area contributed by atoms with E-state index in [4.69, 9.17) is 0 Å². The van der Waals surface area contributed by atoms with Gasteiger partial charge in [-0.15, -0.1) is 12.6 Å². The number of halogens is 12. The number of rotatable bonds is 2. The van der Waals surface area contributed by atoms with E-state index in [9.17, 15) is 62.9 Å². The molecular weight excluding hydrogens is 484 g/mol. The summed E-state index contributed by atoms with van der Waals surface area (Å²) in [6, 6.07) is -0.111. The highest BCUT2D eigenvalue weighted by atomic mass is 32.1. The van der Waals surface area contributed by atoms with E-state index in [-0.39, 0.29) is 12.1 Å². The van der Waals surface area contributed by atoms with E-state index in [1.807, 2.05) is 0 Å². The molecule has 1 rings (SSSR count). The van der Waals surface area contributed by atoms with E-state index in [0.29, 0.717) is 0 Å². The summed E-state index contributed by atoms with van der Waals surface area (Å²) in [5, 5.41) is 19.2. The molecule has 0 atom stereocenters. The fourth-order valence-corrected chi connectivity index (χ4v) is 3.00. The molecule has 0 radical (unpaired) electrons. The summed E-state index contributed by atoms with van der Waals surface area (Å²) in [5.74, 6) is 0. The lowest BCUT2D eigenvalue weighted by molar-refractivity contribution is -0.379. The Labute approximate surface area is 172 Å². The van der Waals surface area contributed by atoms with Gasteiger partial charge in [0.05, 0.1) is 0 Å². The Kier molecular flexibility index (Phi) is 6.55. The van der Waals surface area contributed by atoms with Crippen LogP contribution >= 0.6 is 12.6 Å². The van der Waals surface area contributed by atoms with Crippen LogP contribution in [-0.2, 0) is 16.6 Å². The van der Waals surface area contributed by atoms with Crippen LogP contribution in [0.3, 0.4) is 0 Å². The highest BCUT2D eigenvalue weighted by Gasteiger charge is 2.75. The molecule has 1 aromatic carbocycles. The molecule has 2 nitrogen and oxygen atoms in total. The Morgan fingerprint density at radius 1 is 0.581 bits per heavy atom. The summed E-state index contributed by atoms with van der Waals surface area (Å²) in [7, 11) is 0. The maximum atomic E-state index is 13.3. The summed E-state index contributed by atoms with van der Waals surface area (Å²) < 4.78 is 159. The van der Waals surface area contributed by atoms with Gasteiger partial charge in [0.1, 0.15) is 0 Å². The zero-order chi connectivity index (χ0) is 25.2. The van der Waals surface area contributed by atoms with E-state index >= 15 is 0 Å². The average molecular weight is 498 g/mol. The van der Waals surface area contributed by atoms with Gasteiger partial charge >= 0.3 is 24.7 Å². The van der Waals surface area contributed by atoms with Gasteiger partial charge in [0.2, 0.25) is 0 Å². The third-order valence-electron chi connectivity index (χ3n) is 4.40. The fourth-order valence-electron chi connectivity index (χ4n) is 2.55. The minimum Gasteiger partial charge on any atom is -0.369 e. The Morgan fingerprint density at radius 2 is 0.806 bits per heavy atom. The lowest BCUT2D eigenvalue weighted by Gasteiger charge is -2.38. The molecule has 0 saturated carbocycles. The van der Waals surface area contributed by atoms with Crippen LogP contribution < -0.4 is 0 Å². The van der Waals surface area contributed by atoms with Crippen LogP contribution in [0.1, 0.15) is 37.5 Å². The van der Waals surface area contributed by atoms with Gasteiger partial charge in [0.15, 0.2) is 0 Å². The number of hydrogen-bond acceptors (Lipinski definition) is 3. The summed E-state index contributed by atoms with van der Waals surface area (Å²) in [6.45, 7) is 3.15. The van der Waals surface area contributed by atoms with Crippen molar-refractivity contribution < 1.29 is 62.9 Å². The smallest absolute Gasteiger partial charge is 0.369 e. The second kappa shape index (κ2) is 7.33. The predicted octanol–water partition coefficient (Wildman–Crippen LogP) is 5.90. The molecule has 0 aliphatic carbocycles. The number of thiol groups is 1. The number of hydrogen-bond donors (Lipinski definition) is 3. The molecule has 180 valence electrons. The van der Waals surface area contributed by atoms with Gasteiger partial charge in [0.25, 0.3) is 11.2 Å². The molecule has 0 aliphatic rings. The fraction of sp³-hybridized carbons (Fsp3) is 0.625. The Morgan fingerprint density at radius 3 is 0.968 bits per heavy atom. The average Bonchev–Trinajstić information content (AvgIpc) is 2.48. The van der Waals surface area contributed by atoms with Crippen LogP contribution in [0.5, 0.6) is 0 Å². The standard InChI is InChI=1S/C16H14F12O2S/c1-10(2,3)6-4-7(11(29,13(17,18)19)14(20,21)22)9(31)8(5-6)12(30,15(23,24)25)16(26,27)28/h4-5,29-31H,1-3H3. The van der Waals surface area contributed by atoms with E-state index in [2.05, 4.69) is 12.6 Å². The van der Waals surface area contributed by atoms with Crippen molar-refractivity contribution in [1.82, 2.24) is 0 Å². The number of alkyl halides is 12. The van der Waals surface area contributed by atoms with E-state index in [1.165, 1.54) is 0 Å². The zero-order valence-electron chi connectivity index (χ0n) is 15.5. The maximum Gasteiger partial charge on any atom is 0.430 e. The van der Waals surface area contributed by atoms with Gasteiger partial charge in [-0.25, -0.2) is 0 Å². The Hall–Kier alpha value is -1.35. The highest BCUT2D eigenvalue weighted by molar-refractivity contribution is 7.80. The quantitative estimate of drug-likeness (QED) is 0.351. The molecule has 2 N–H and O–H groups in total. The number of aliphatic hydroxyl groups is 2. The SMILES string of the molecule is CC(C)(C)c1cc(C(O)(C(F)(F)F)C(F)(F)F)c(S)c(C(O)(C(F)(F)F)C(F)(F)F)c1. The minimum absolute atomic E-state index is 0.0556. The van der Waals surface area contributed by atoms with Crippen LogP contribution in [0.25, 0.3) is 0 Å². The van der Waals surface area contributed by atoms with Crippen molar-refractivity contribution in [1.29, 1.82) is 0 Å². The summed E-state index contributed by atoms with van der Waals surface area (Å²) in [5.41, 5.74) is -19.2. The third-order valence-corrected chi connectivity index (χ3v) is 4.88. The monoisotopic (exact) mass is 498 g/mol. The molecule has 0 aliphatic heterocycles. The topological polar surface area (TPSA) is 40.5 Å². The lowest BCUT2D eigenvalue weighted by atomic mass is 9.78. The van der Waals surface area contributed by atoms with Crippen molar-refractivity contribution in [2.24, 2.45) is 0 Å². The second-order valence-electron chi connectivity index (χ2n) is 7.58. The molecule has 0 unspecified atom stereocenters. The van der Waals surface area contributed by atoms with E-state index in [1.54, 1.807) is 0 Å². The largest absolute Gasteiger partial charge is 0.430 e. The molecule has 1 aromatic rings. The molecule has 0 fully saturated rings. The normalized spacial score (nSPS) is 15.4. The van der Waals surface area contributed by atoms with Crippen molar-refractivity contribution in [2.45, 2.75) is 67.0 Å². The lowest BCUT2D eigenvalue weighted by Crippen LogP contribution is -2.56. The zero-order valence-corrected chi connectivity index (χ0v) is 16.4.